The minimum Gasteiger partial charge on any atom is -0.478 e. The van der Waals surface area contributed by atoms with E-state index < -0.39 is 5.97 Å². The normalized spacial score (nSPS) is 13.0. The molecule has 2 N–H and O–H groups in total. The molecule has 0 amide bonds. The van der Waals surface area contributed by atoms with Gasteiger partial charge in [-0.2, -0.15) is 5.10 Å². The van der Waals surface area contributed by atoms with Crippen LogP contribution < -0.4 is 0 Å². The van der Waals surface area contributed by atoms with Crippen molar-refractivity contribution in [1.29, 1.82) is 0 Å². The first-order valence-corrected chi connectivity index (χ1v) is 5.52. The minimum atomic E-state index is -0.961. The van der Waals surface area contributed by atoms with E-state index in [-0.39, 0.29) is 11.7 Å². The van der Waals surface area contributed by atoms with Crippen LogP contribution in [0.4, 0.5) is 0 Å². The molecule has 0 aromatic carbocycles. The quantitative estimate of drug-likeness (QED) is 0.750. The number of carboxylic acid groups (broad SMARTS) is 1. The van der Waals surface area contributed by atoms with Gasteiger partial charge in [0, 0.05) is 20.1 Å². The van der Waals surface area contributed by atoms with Crippen LogP contribution in [0.25, 0.3) is 0 Å². The van der Waals surface area contributed by atoms with Crippen LogP contribution in [-0.2, 0) is 13.6 Å². The Kier molecular flexibility index (Phi) is 4.65. The predicted octanol–water partition coefficient (Wildman–Crippen LogP) is 0.321. The lowest BCUT2D eigenvalue weighted by molar-refractivity contribution is 0.0694. The summed E-state index contributed by atoms with van der Waals surface area (Å²) < 4.78 is 1.57. The summed E-state index contributed by atoms with van der Waals surface area (Å²) in [5, 5.41) is 22.1. The first-order valence-electron chi connectivity index (χ1n) is 5.52. The van der Waals surface area contributed by atoms with Crippen molar-refractivity contribution >= 4 is 5.97 Å². The summed E-state index contributed by atoms with van der Waals surface area (Å²) in [4.78, 5) is 12.9. The molecule has 17 heavy (non-hydrogen) atoms. The lowest BCUT2D eigenvalue weighted by Gasteiger charge is -2.18. The Labute approximate surface area is 100 Å². The maximum absolute atomic E-state index is 11.0. The second-order valence-electron chi connectivity index (χ2n) is 4.31. The summed E-state index contributed by atoms with van der Waals surface area (Å²) in [7, 11) is 3.62. The fraction of sp³-hybridized carbons (Fsp3) is 0.636. The molecule has 0 aliphatic carbocycles. The summed E-state index contributed by atoms with van der Waals surface area (Å²) in [6.45, 7) is 2.95. The molecular formula is C11H19N3O3. The molecule has 1 aromatic heterocycles. The summed E-state index contributed by atoms with van der Waals surface area (Å²) in [5.74, 6) is -0.961. The van der Waals surface area contributed by atoms with Gasteiger partial charge in [0.15, 0.2) is 0 Å². The number of carbonyl (C=O) groups is 1. The summed E-state index contributed by atoms with van der Waals surface area (Å²) in [6.07, 6.45) is 1.68. The van der Waals surface area contributed by atoms with Gasteiger partial charge >= 0.3 is 5.97 Å². The Bertz CT molecular complexity index is 387. The smallest absolute Gasteiger partial charge is 0.339 e. The van der Waals surface area contributed by atoms with Crippen molar-refractivity contribution in [3.05, 3.63) is 17.5 Å². The number of aliphatic hydroxyl groups is 1. The monoisotopic (exact) mass is 241 g/mol. The van der Waals surface area contributed by atoms with Gasteiger partial charge in [0.2, 0.25) is 0 Å². The molecule has 0 radical (unpaired) electrons. The largest absolute Gasteiger partial charge is 0.478 e. The Morgan fingerprint density at radius 1 is 1.65 bits per heavy atom. The van der Waals surface area contributed by atoms with Crippen LogP contribution >= 0.6 is 0 Å². The van der Waals surface area contributed by atoms with Gasteiger partial charge in [-0.15, -0.1) is 0 Å². The van der Waals surface area contributed by atoms with E-state index >= 15 is 0 Å². The molecule has 1 rings (SSSR count). The Morgan fingerprint density at radius 2 is 2.29 bits per heavy atom. The first kappa shape index (κ1) is 13.7. The Hall–Kier alpha value is -1.40. The number of aliphatic hydroxyl groups excluding tert-OH is 1. The van der Waals surface area contributed by atoms with Gasteiger partial charge in [0.25, 0.3) is 0 Å². The molecule has 0 aliphatic heterocycles. The summed E-state index contributed by atoms with van der Waals surface area (Å²) in [5.41, 5.74) is 0.905. The van der Waals surface area contributed by atoms with Crippen molar-refractivity contribution < 1.29 is 15.0 Å². The van der Waals surface area contributed by atoms with E-state index in [1.807, 2.05) is 11.9 Å². The van der Waals surface area contributed by atoms with Gasteiger partial charge < -0.3 is 15.1 Å². The second kappa shape index (κ2) is 5.79. The number of aryl methyl sites for hydroxylation is 1. The number of hydrogen-bond donors (Lipinski definition) is 2. The van der Waals surface area contributed by atoms with Crippen molar-refractivity contribution in [2.24, 2.45) is 7.05 Å². The summed E-state index contributed by atoms with van der Waals surface area (Å²) in [6, 6.07) is 0. The van der Waals surface area contributed by atoms with Crippen molar-refractivity contribution in [2.75, 3.05) is 13.6 Å². The van der Waals surface area contributed by atoms with Crippen LogP contribution in [-0.4, -0.2) is 50.6 Å². The highest BCUT2D eigenvalue weighted by molar-refractivity contribution is 5.88. The lowest BCUT2D eigenvalue weighted by Crippen LogP contribution is -2.24. The zero-order chi connectivity index (χ0) is 13.0. The van der Waals surface area contributed by atoms with Crippen molar-refractivity contribution in [3.63, 3.8) is 0 Å². The molecule has 96 valence electrons. The summed E-state index contributed by atoms with van der Waals surface area (Å²) >= 11 is 0. The van der Waals surface area contributed by atoms with Gasteiger partial charge in [0.05, 0.1) is 18.0 Å². The Morgan fingerprint density at radius 3 is 2.82 bits per heavy atom. The number of aromatic nitrogens is 2. The van der Waals surface area contributed by atoms with Gasteiger partial charge in [-0.3, -0.25) is 4.68 Å². The molecule has 0 saturated carbocycles. The average molecular weight is 241 g/mol. The van der Waals surface area contributed by atoms with Gasteiger partial charge in [-0.1, -0.05) is 0 Å². The number of hydrogen-bond acceptors (Lipinski definition) is 4. The van der Waals surface area contributed by atoms with Crippen LogP contribution in [0.1, 0.15) is 29.4 Å². The Balaban J connectivity index is 2.67. The van der Waals surface area contributed by atoms with Gasteiger partial charge in [-0.25, -0.2) is 4.79 Å². The molecule has 0 fully saturated rings. The zero-order valence-corrected chi connectivity index (χ0v) is 10.4. The average Bonchev–Trinajstić information content (AvgIpc) is 2.58. The third-order valence-electron chi connectivity index (χ3n) is 2.64. The highest BCUT2D eigenvalue weighted by atomic mass is 16.4. The highest BCUT2D eigenvalue weighted by Crippen LogP contribution is 2.10. The predicted molar refractivity (Wildman–Crippen MR) is 62.8 cm³/mol. The van der Waals surface area contributed by atoms with E-state index in [2.05, 4.69) is 5.10 Å². The van der Waals surface area contributed by atoms with Crippen LogP contribution in [0.5, 0.6) is 0 Å². The molecular weight excluding hydrogens is 222 g/mol. The molecule has 1 heterocycles. The van der Waals surface area contributed by atoms with Crippen LogP contribution in [0, 0.1) is 0 Å². The van der Waals surface area contributed by atoms with E-state index in [9.17, 15) is 9.90 Å². The fourth-order valence-electron chi connectivity index (χ4n) is 1.57. The molecule has 6 heteroatoms. The molecule has 6 nitrogen and oxygen atoms in total. The third kappa shape index (κ3) is 3.83. The first-order chi connectivity index (χ1) is 7.91. The number of carboxylic acids is 1. The van der Waals surface area contributed by atoms with Crippen LogP contribution in [0.3, 0.4) is 0 Å². The molecule has 0 spiro atoms. The van der Waals surface area contributed by atoms with E-state index in [0.717, 1.165) is 0 Å². The third-order valence-corrected chi connectivity index (χ3v) is 2.64. The second-order valence-corrected chi connectivity index (χ2v) is 4.31. The molecule has 0 bridgehead atoms. The van der Waals surface area contributed by atoms with E-state index in [4.69, 9.17) is 5.11 Å². The van der Waals surface area contributed by atoms with Gasteiger partial charge in [-0.05, 0) is 20.4 Å². The molecule has 0 aliphatic rings. The highest BCUT2D eigenvalue weighted by Gasteiger charge is 2.16. The van der Waals surface area contributed by atoms with Crippen molar-refractivity contribution in [2.45, 2.75) is 26.0 Å². The SMILES string of the molecule is CC(O)CCN(C)Cc1c(C(=O)O)cnn1C. The van der Waals surface area contributed by atoms with Crippen molar-refractivity contribution in [1.82, 2.24) is 14.7 Å². The van der Waals surface area contributed by atoms with Crippen molar-refractivity contribution in [3.8, 4) is 0 Å². The molecule has 1 unspecified atom stereocenters. The molecule has 1 atom stereocenters. The topological polar surface area (TPSA) is 78.6 Å². The molecule has 0 saturated heterocycles. The number of aromatic carboxylic acids is 1. The minimum absolute atomic E-state index is 0.233. The fourth-order valence-corrected chi connectivity index (χ4v) is 1.57. The van der Waals surface area contributed by atoms with E-state index in [0.29, 0.717) is 25.2 Å². The van der Waals surface area contributed by atoms with Crippen LogP contribution in [0.2, 0.25) is 0 Å². The van der Waals surface area contributed by atoms with Crippen LogP contribution in [0.15, 0.2) is 6.20 Å². The number of nitrogens with zero attached hydrogens (tertiary/aromatic N) is 3. The lowest BCUT2D eigenvalue weighted by atomic mass is 10.2. The molecule has 1 aromatic rings. The van der Waals surface area contributed by atoms with E-state index in [1.54, 1.807) is 18.7 Å². The maximum Gasteiger partial charge on any atom is 0.339 e. The number of rotatable bonds is 6. The van der Waals surface area contributed by atoms with E-state index in [1.165, 1.54) is 6.20 Å². The zero-order valence-electron chi connectivity index (χ0n) is 10.4. The van der Waals surface area contributed by atoms with Gasteiger partial charge in [0.1, 0.15) is 5.56 Å². The standard InChI is InChI=1S/C11H19N3O3/c1-8(15)4-5-13(2)7-10-9(11(16)17)6-12-14(10)3/h6,8,15H,4-5,7H2,1-3H3,(H,16,17). The maximum atomic E-state index is 11.0.